The Morgan fingerprint density at radius 2 is 1.48 bits per heavy atom. The lowest BCUT2D eigenvalue weighted by atomic mass is 10.1. The van der Waals surface area contributed by atoms with E-state index in [1.807, 2.05) is 30.3 Å². The Balaban J connectivity index is 1.20. The van der Waals surface area contributed by atoms with Crippen molar-refractivity contribution in [3.05, 3.63) is 131 Å². The lowest BCUT2D eigenvalue weighted by Gasteiger charge is -2.16. The zero-order valence-corrected chi connectivity index (χ0v) is 23.1. The average molecular weight is 582 g/mol. The molecular weight excluding hydrogens is 558 g/mol. The fourth-order valence-corrected chi connectivity index (χ4v) is 4.38. The quantitative estimate of drug-likeness (QED) is 0.191. The Bertz CT molecular complexity index is 1690. The van der Waals surface area contributed by atoms with E-state index in [0.717, 1.165) is 10.5 Å². The molecule has 210 valence electrons. The third kappa shape index (κ3) is 6.16. The van der Waals surface area contributed by atoms with Crippen molar-refractivity contribution in [3.63, 3.8) is 0 Å². The average Bonchev–Trinajstić information content (AvgIpc) is 3.23. The lowest BCUT2D eigenvalue weighted by Crippen LogP contribution is -2.32. The highest BCUT2D eigenvalue weighted by Gasteiger charge is 2.39. The van der Waals surface area contributed by atoms with Crippen molar-refractivity contribution in [3.8, 4) is 5.75 Å². The maximum atomic E-state index is 13.1. The highest BCUT2D eigenvalue weighted by Crippen LogP contribution is 2.31. The van der Waals surface area contributed by atoms with Crippen LogP contribution in [-0.2, 0) is 20.9 Å². The van der Waals surface area contributed by atoms with Crippen molar-refractivity contribution in [1.29, 1.82) is 0 Å². The van der Waals surface area contributed by atoms with Gasteiger partial charge in [0.15, 0.2) is 0 Å². The summed E-state index contributed by atoms with van der Waals surface area (Å²) < 4.78 is 10.5. The molecule has 3 amide bonds. The first kappa shape index (κ1) is 28.1. The van der Waals surface area contributed by atoms with Crippen molar-refractivity contribution >= 4 is 52.4 Å². The van der Waals surface area contributed by atoms with Crippen LogP contribution >= 0.6 is 11.6 Å². The number of anilines is 3. The predicted molar refractivity (Wildman–Crippen MR) is 158 cm³/mol. The summed E-state index contributed by atoms with van der Waals surface area (Å²) >= 11 is 6.22. The SMILES string of the molecule is COC(=O)c1cccc(N2C(=O)C(Cl)=C(Nc3ccc(C(=O)Nc4ccc(OCc5ccccc5)cc4)cc3)C2=O)c1. The molecule has 0 atom stereocenters. The number of methoxy groups -OCH3 is 1. The lowest BCUT2D eigenvalue weighted by molar-refractivity contribution is -0.120. The van der Waals surface area contributed by atoms with Gasteiger partial charge in [-0.2, -0.15) is 0 Å². The molecule has 0 bridgehead atoms. The van der Waals surface area contributed by atoms with Gasteiger partial charge in [0.25, 0.3) is 17.7 Å². The molecule has 0 aromatic heterocycles. The van der Waals surface area contributed by atoms with E-state index in [1.54, 1.807) is 48.5 Å². The van der Waals surface area contributed by atoms with Gasteiger partial charge in [0.05, 0.1) is 18.4 Å². The number of carbonyl (C=O) groups excluding carboxylic acids is 4. The van der Waals surface area contributed by atoms with Crippen molar-refractivity contribution in [2.75, 3.05) is 22.6 Å². The van der Waals surface area contributed by atoms with Gasteiger partial charge in [0.1, 0.15) is 23.1 Å². The number of ether oxygens (including phenoxy) is 2. The number of hydrogen-bond donors (Lipinski definition) is 2. The second-order valence-corrected chi connectivity index (χ2v) is 9.51. The van der Waals surface area contributed by atoms with Crippen LogP contribution in [0, 0.1) is 0 Å². The smallest absolute Gasteiger partial charge is 0.337 e. The van der Waals surface area contributed by atoms with Gasteiger partial charge in [0, 0.05) is 16.9 Å². The van der Waals surface area contributed by atoms with E-state index in [9.17, 15) is 19.2 Å². The summed E-state index contributed by atoms with van der Waals surface area (Å²) in [6.45, 7) is 0.440. The van der Waals surface area contributed by atoms with Gasteiger partial charge in [-0.25, -0.2) is 9.69 Å². The van der Waals surface area contributed by atoms with E-state index >= 15 is 0 Å². The molecule has 5 rings (SSSR count). The van der Waals surface area contributed by atoms with Gasteiger partial charge in [-0.3, -0.25) is 14.4 Å². The zero-order chi connectivity index (χ0) is 29.6. The minimum Gasteiger partial charge on any atom is -0.489 e. The van der Waals surface area contributed by atoms with Crippen LogP contribution in [0.2, 0.25) is 0 Å². The third-order valence-electron chi connectivity index (χ3n) is 6.33. The molecule has 0 spiro atoms. The van der Waals surface area contributed by atoms with Gasteiger partial charge in [-0.1, -0.05) is 48.0 Å². The second-order valence-electron chi connectivity index (χ2n) is 9.13. The first-order valence-corrected chi connectivity index (χ1v) is 13.1. The molecule has 4 aromatic carbocycles. The summed E-state index contributed by atoms with van der Waals surface area (Å²) in [7, 11) is 1.23. The summed E-state index contributed by atoms with van der Waals surface area (Å²) in [5.41, 5.74) is 2.68. The highest BCUT2D eigenvalue weighted by atomic mass is 35.5. The number of halogens is 1. The molecule has 1 aliphatic rings. The molecule has 10 heteroatoms. The van der Waals surface area contributed by atoms with Gasteiger partial charge in [0.2, 0.25) is 0 Å². The maximum Gasteiger partial charge on any atom is 0.337 e. The molecule has 0 radical (unpaired) electrons. The fourth-order valence-electron chi connectivity index (χ4n) is 4.16. The van der Waals surface area contributed by atoms with Crippen molar-refractivity contribution < 1.29 is 28.7 Å². The maximum absolute atomic E-state index is 13.1. The molecule has 2 N–H and O–H groups in total. The first-order chi connectivity index (χ1) is 20.3. The number of carbonyl (C=O) groups is 4. The van der Waals surface area contributed by atoms with Gasteiger partial charge in [-0.05, 0) is 72.3 Å². The first-order valence-electron chi connectivity index (χ1n) is 12.8. The summed E-state index contributed by atoms with van der Waals surface area (Å²) in [5.74, 6) is -1.69. The number of imide groups is 1. The topological polar surface area (TPSA) is 114 Å². The van der Waals surface area contributed by atoms with Gasteiger partial charge >= 0.3 is 5.97 Å². The van der Waals surface area contributed by atoms with Crippen LogP contribution in [0.4, 0.5) is 17.1 Å². The zero-order valence-electron chi connectivity index (χ0n) is 22.3. The minimum atomic E-state index is -0.737. The Hall–Kier alpha value is -5.41. The summed E-state index contributed by atoms with van der Waals surface area (Å²) in [5, 5.41) is 5.39. The molecule has 9 nitrogen and oxygen atoms in total. The number of nitrogens with zero attached hydrogens (tertiary/aromatic N) is 1. The number of rotatable bonds is 9. The molecule has 0 aliphatic carbocycles. The van der Waals surface area contributed by atoms with E-state index in [0.29, 0.717) is 29.3 Å². The van der Waals surface area contributed by atoms with Crippen LogP contribution in [0.25, 0.3) is 0 Å². The van der Waals surface area contributed by atoms with Crippen LogP contribution in [-0.4, -0.2) is 30.8 Å². The third-order valence-corrected chi connectivity index (χ3v) is 6.68. The van der Waals surface area contributed by atoms with E-state index in [1.165, 1.54) is 31.4 Å². The molecule has 0 saturated heterocycles. The molecule has 42 heavy (non-hydrogen) atoms. The molecule has 4 aromatic rings. The molecule has 0 saturated carbocycles. The molecule has 0 fully saturated rings. The largest absolute Gasteiger partial charge is 0.489 e. The van der Waals surface area contributed by atoms with Gasteiger partial charge in [-0.15, -0.1) is 0 Å². The highest BCUT2D eigenvalue weighted by molar-refractivity contribution is 6.53. The number of nitrogens with one attached hydrogen (secondary N) is 2. The molecule has 0 unspecified atom stereocenters. The Morgan fingerprint density at radius 3 is 2.17 bits per heavy atom. The van der Waals surface area contributed by atoms with Crippen molar-refractivity contribution in [1.82, 2.24) is 0 Å². The number of amides is 3. The minimum absolute atomic E-state index is 0.128. The van der Waals surface area contributed by atoms with E-state index in [2.05, 4.69) is 10.6 Å². The predicted octanol–water partition coefficient (Wildman–Crippen LogP) is 5.74. The standard InChI is InChI=1S/C32H24ClN3O6/c1-41-32(40)22-8-5-9-25(18-22)36-30(38)27(33)28(31(36)39)34-23-12-10-21(11-13-23)29(37)35-24-14-16-26(17-15-24)42-19-20-6-3-2-4-7-20/h2-18,34H,19H2,1H3,(H,35,37). The van der Waals surface area contributed by atoms with Crippen LogP contribution < -0.4 is 20.3 Å². The summed E-state index contributed by atoms with van der Waals surface area (Å²) in [6.07, 6.45) is 0. The summed E-state index contributed by atoms with van der Waals surface area (Å²) in [4.78, 5) is 51.4. The Morgan fingerprint density at radius 1 is 0.786 bits per heavy atom. The van der Waals surface area contributed by atoms with Crippen molar-refractivity contribution in [2.45, 2.75) is 6.61 Å². The fraction of sp³-hybridized carbons (Fsp3) is 0.0625. The van der Waals surface area contributed by atoms with Crippen molar-refractivity contribution in [2.24, 2.45) is 0 Å². The number of esters is 1. The van der Waals surface area contributed by atoms with Crippen LogP contribution in [0.15, 0.2) is 114 Å². The van der Waals surface area contributed by atoms with E-state index in [-0.39, 0.29) is 27.9 Å². The van der Waals surface area contributed by atoms with Crippen LogP contribution in [0.5, 0.6) is 5.75 Å². The molecule has 1 aliphatic heterocycles. The normalized spacial score (nSPS) is 12.8. The Labute approximate surface area is 246 Å². The molecular formula is C32H24ClN3O6. The number of benzene rings is 4. The second kappa shape index (κ2) is 12.4. The van der Waals surface area contributed by atoms with Crippen LogP contribution in [0.1, 0.15) is 26.3 Å². The van der Waals surface area contributed by atoms with E-state index < -0.39 is 17.8 Å². The van der Waals surface area contributed by atoms with E-state index in [4.69, 9.17) is 21.1 Å². The van der Waals surface area contributed by atoms with Gasteiger partial charge < -0.3 is 20.1 Å². The summed E-state index contributed by atoms with van der Waals surface area (Å²) in [6, 6.07) is 29.1. The molecule has 1 heterocycles. The monoisotopic (exact) mass is 581 g/mol. The van der Waals surface area contributed by atoms with Crippen LogP contribution in [0.3, 0.4) is 0 Å². The number of hydrogen-bond acceptors (Lipinski definition) is 7. The Kier molecular flexibility index (Phi) is 8.31.